The van der Waals surface area contributed by atoms with E-state index in [-0.39, 0.29) is 0 Å². The van der Waals surface area contributed by atoms with Crippen molar-refractivity contribution in [1.29, 1.82) is 0 Å². The maximum Gasteiger partial charge on any atom is 0.0361 e. The van der Waals surface area contributed by atoms with Crippen molar-refractivity contribution in [2.24, 2.45) is 0 Å². The molecule has 1 unspecified atom stereocenters. The van der Waals surface area contributed by atoms with Gasteiger partial charge in [-0.3, -0.25) is 0 Å². The van der Waals surface area contributed by atoms with Gasteiger partial charge in [-0.05, 0) is 53.1 Å². The predicted molar refractivity (Wildman–Crippen MR) is 85.2 cm³/mol. The number of rotatable bonds is 6. The summed E-state index contributed by atoms with van der Waals surface area (Å²) in [7, 11) is 4.14. The van der Waals surface area contributed by atoms with E-state index in [1.54, 1.807) is 11.3 Å². The maximum atomic E-state index is 3.58. The van der Waals surface area contributed by atoms with Crippen LogP contribution >= 0.6 is 11.3 Å². The summed E-state index contributed by atoms with van der Waals surface area (Å²) in [5.74, 6) is 0. The molecule has 1 aromatic heterocycles. The van der Waals surface area contributed by atoms with Crippen LogP contribution in [0.5, 0.6) is 0 Å². The fraction of sp³-hybridized carbons (Fsp3) is 0.375. The quantitative estimate of drug-likeness (QED) is 0.864. The van der Waals surface area contributed by atoms with Crippen LogP contribution in [-0.2, 0) is 6.42 Å². The van der Waals surface area contributed by atoms with Crippen molar-refractivity contribution in [3.8, 4) is 0 Å². The zero-order valence-corrected chi connectivity index (χ0v) is 12.7. The van der Waals surface area contributed by atoms with Crippen LogP contribution in [0.15, 0.2) is 41.1 Å². The smallest absolute Gasteiger partial charge is 0.0361 e. The monoisotopic (exact) mass is 274 g/mol. The first-order valence-electron chi connectivity index (χ1n) is 6.72. The second-order valence-corrected chi connectivity index (χ2v) is 5.71. The van der Waals surface area contributed by atoms with E-state index in [0.29, 0.717) is 6.04 Å². The highest BCUT2D eigenvalue weighted by Gasteiger charge is 2.11. The van der Waals surface area contributed by atoms with Crippen LogP contribution in [0.25, 0.3) is 0 Å². The summed E-state index contributed by atoms with van der Waals surface area (Å²) in [6.07, 6.45) is 1.05. The van der Waals surface area contributed by atoms with Gasteiger partial charge in [0.2, 0.25) is 0 Å². The van der Waals surface area contributed by atoms with E-state index in [1.165, 1.54) is 16.8 Å². The molecular formula is C16H22N2S. The molecule has 1 N–H and O–H groups in total. The Morgan fingerprint density at radius 1 is 1.16 bits per heavy atom. The minimum atomic E-state index is 0.399. The van der Waals surface area contributed by atoms with Crippen LogP contribution < -0.4 is 10.2 Å². The Morgan fingerprint density at radius 3 is 2.42 bits per heavy atom. The lowest BCUT2D eigenvalue weighted by molar-refractivity contribution is 0.550. The third-order valence-electron chi connectivity index (χ3n) is 3.28. The van der Waals surface area contributed by atoms with Crippen LogP contribution in [0.2, 0.25) is 0 Å². The summed E-state index contributed by atoms with van der Waals surface area (Å²) in [4.78, 5) is 2.13. The van der Waals surface area contributed by atoms with Gasteiger partial charge in [0.25, 0.3) is 0 Å². The van der Waals surface area contributed by atoms with Gasteiger partial charge in [0.1, 0.15) is 0 Å². The minimum Gasteiger partial charge on any atom is -0.378 e. The molecule has 1 atom stereocenters. The van der Waals surface area contributed by atoms with Gasteiger partial charge < -0.3 is 10.2 Å². The number of benzene rings is 1. The van der Waals surface area contributed by atoms with E-state index in [9.17, 15) is 0 Å². The van der Waals surface area contributed by atoms with E-state index in [0.717, 1.165) is 13.0 Å². The molecular weight excluding hydrogens is 252 g/mol. The third-order valence-corrected chi connectivity index (χ3v) is 4.01. The molecule has 0 saturated heterocycles. The molecule has 0 spiro atoms. The molecule has 3 heteroatoms. The lowest BCUT2D eigenvalue weighted by atomic mass is 10.00. The fourth-order valence-electron chi connectivity index (χ4n) is 2.20. The van der Waals surface area contributed by atoms with Crippen molar-refractivity contribution >= 4 is 17.0 Å². The molecule has 1 heterocycles. The number of likely N-dealkylation sites (N-methyl/N-ethyl adjacent to an activating group) is 1. The standard InChI is InChI=1S/C16H22N2S/c1-4-17-16(11-13-9-10-19-12-13)14-5-7-15(8-6-14)18(2)3/h5-10,12,16-17H,4,11H2,1-3H3. The lowest BCUT2D eigenvalue weighted by Gasteiger charge is -2.19. The van der Waals surface area contributed by atoms with Crippen molar-refractivity contribution in [1.82, 2.24) is 5.32 Å². The molecule has 2 aromatic rings. The highest BCUT2D eigenvalue weighted by molar-refractivity contribution is 7.07. The van der Waals surface area contributed by atoms with Gasteiger partial charge in [-0.15, -0.1) is 0 Å². The maximum absolute atomic E-state index is 3.58. The van der Waals surface area contributed by atoms with Gasteiger partial charge >= 0.3 is 0 Å². The highest BCUT2D eigenvalue weighted by atomic mass is 32.1. The molecule has 19 heavy (non-hydrogen) atoms. The molecule has 0 saturated carbocycles. The predicted octanol–water partition coefficient (Wildman–Crippen LogP) is 3.71. The fourth-order valence-corrected chi connectivity index (χ4v) is 2.89. The zero-order valence-electron chi connectivity index (χ0n) is 11.9. The number of nitrogens with zero attached hydrogens (tertiary/aromatic N) is 1. The first-order valence-corrected chi connectivity index (χ1v) is 7.66. The zero-order chi connectivity index (χ0) is 13.7. The van der Waals surface area contributed by atoms with Gasteiger partial charge in [0.15, 0.2) is 0 Å². The number of hydrogen-bond acceptors (Lipinski definition) is 3. The molecule has 0 fully saturated rings. The van der Waals surface area contributed by atoms with Gasteiger partial charge in [0, 0.05) is 25.8 Å². The topological polar surface area (TPSA) is 15.3 Å². The van der Waals surface area contributed by atoms with Crippen LogP contribution in [0.4, 0.5) is 5.69 Å². The highest BCUT2D eigenvalue weighted by Crippen LogP contribution is 2.22. The Balaban J connectivity index is 2.13. The summed E-state index contributed by atoms with van der Waals surface area (Å²) in [6, 6.07) is 11.4. The first-order chi connectivity index (χ1) is 9.20. The van der Waals surface area contributed by atoms with Gasteiger partial charge in [-0.1, -0.05) is 19.1 Å². The van der Waals surface area contributed by atoms with E-state index in [4.69, 9.17) is 0 Å². The molecule has 102 valence electrons. The summed E-state index contributed by atoms with van der Waals surface area (Å²) in [5.41, 5.74) is 4.01. The largest absolute Gasteiger partial charge is 0.378 e. The van der Waals surface area contributed by atoms with Crippen molar-refractivity contribution in [3.63, 3.8) is 0 Å². The van der Waals surface area contributed by atoms with Crippen LogP contribution in [-0.4, -0.2) is 20.6 Å². The van der Waals surface area contributed by atoms with Crippen molar-refractivity contribution in [2.45, 2.75) is 19.4 Å². The Morgan fingerprint density at radius 2 is 1.89 bits per heavy atom. The molecule has 1 aromatic carbocycles. The van der Waals surface area contributed by atoms with Crippen LogP contribution in [0.3, 0.4) is 0 Å². The Kier molecular flexibility index (Phi) is 5.00. The van der Waals surface area contributed by atoms with Crippen LogP contribution in [0.1, 0.15) is 24.1 Å². The summed E-state index contributed by atoms with van der Waals surface area (Å²) < 4.78 is 0. The number of nitrogens with one attached hydrogen (secondary N) is 1. The molecule has 2 rings (SSSR count). The second-order valence-electron chi connectivity index (χ2n) is 4.93. The normalized spacial score (nSPS) is 12.4. The summed E-state index contributed by atoms with van der Waals surface area (Å²) in [5, 5.41) is 7.96. The van der Waals surface area contributed by atoms with Gasteiger partial charge in [0.05, 0.1) is 0 Å². The molecule has 0 aliphatic carbocycles. The summed E-state index contributed by atoms with van der Waals surface area (Å²) >= 11 is 1.77. The van der Waals surface area contributed by atoms with Gasteiger partial charge in [-0.25, -0.2) is 0 Å². The van der Waals surface area contributed by atoms with Crippen molar-refractivity contribution in [3.05, 3.63) is 52.2 Å². The SMILES string of the molecule is CCNC(Cc1ccsc1)c1ccc(N(C)C)cc1. The van der Waals surface area contributed by atoms with Gasteiger partial charge in [-0.2, -0.15) is 11.3 Å². The Hall–Kier alpha value is -1.32. The minimum absolute atomic E-state index is 0.399. The Bertz CT molecular complexity index is 474. The van der Waals surface area contributed by atoms with Crippen LogP contribution in [0, 0.1) is 0 Å². The van der Waals surface area contributed by atoms with E-state index >= 15 is 0 Å². The lowest BCUT2D eigenvalue weighted by Crippen LogP contribution is -2.22. The molecule has 0 bridgehead atoms. The molecule has 2 nitrogen and oxygen atoms in total. The number of thiophene rings is 1. The van der Waals surface area contributed by atoms with Crippen molar-refractivity contribution in [2.75, 3.05) is 25.5 Å². The van der Waals surface area contributed by atoms with Crippen molar-refractivity contribution < 1.29 is 0 Å². The third kappa shape index (κ3) is 3.82. The van der Waals surface area contributed by atoms with E-state index < -0.39 is 0 Å². The molecule has 0 aliphatic rings. The molecule has 0 amide bonds. The number of hydrogen-bond donors (Lipinski definition) is 1. The average molecular weight is 274 g/mol. The van der Waals surface area contributed by atoms with E-state index in [2.05, 4.69) is 72.3 Å². The van der Waals surface area contributed by atoms with E-state index in [1.807, 2.05) is 0 Å². The second kappa shape index (κ2) is 6.73. The first kappa shape index (κ1) is 14.1. The average Bonchev–Trinajstić information content (AvgIpc) is 2.91. The summed E-state index contributed by atoms with van der Waals surface area (Å²) in [6.45, 7) is 3.15. The molecule has 0 aliphatic heterocycles. The molecule has 0 radical (unpaired) electrons. The number of anilines is 1. The Labute approximate surface area is 120 Å².